The lowest BCUT2D eigenvalue weighted by atomic mass is 9.77. The van der Waals surface area contributed by atoms with Crippen LogP contribution in [-0.2, 0) is 4.79 Å². The van der Waals surface area contributed by atoms with E-state index in [1.165, 1.54) is 19.3 Å². The van der Waals surface area contributed by atoms with Crippen LogP contribution in [0.3, 0.4) is 0 Å². The Kier molecular flexibility index (Phi) is 5.70. The molecule has 0 radical (unpaired) electrons. The normalized spacial score (nSPS) is 27.5. The van der Waals surface area contributed by atoms with E-state index in [1.54, 1.807) is 0 Å². The molecule has 1 saturated carbocycles. The van der Waals surface area contributed by atoms with Crippen LogP contribution in [0.2, 0.25) is 0 Å². The molecule has 1 amide bonds. The highest BCUT2D eigenvalue weighted by molar-refractivity contribution is 5.76. The van der Waals surface area contributed by atoms with Gasteiger partial charge in [-0.2, -0.15) is 0 Å². The van der Waals surface area contributed by atoms with Crippen molar-refractivity contribution >= 4 is 5.91 Å². The first-order chi connectivity index (χ1) is 9.88. The van der Waals surface area contributed by atoms with Gasteiger partial charge in [0.1, 0.15) is 0 Å². The van der Waals surface area contributed by atoms with E-state index in [0.29, 0.717) is 24.8 Å². The van der Waals surface area contributed by atoms with Crippen molar-refractivity contribution in [3.8, 4) is 0 Å². The Morgan fingerprint density at radius 3 is 2.43 bits per heavy atom. The zero-order valence-corrected chi connectivity index (χ0v) is 14.1. The van der Waals surface area contributed by atoms with E-state index in [2.05, 4.69) is 20.8 Å². The van der Waals surface area contributed by atoms with Crippen LogP contribution in [0.4, 0.5) is 0 Å². The van der Waals surface area contributed by atoms with E-state index in [0.717, 1.165) is 32.2 Å². The van der Waals surface area contributed by atoms with Gasteiger partial charge in [-0.05, 0) is 42.9 Å². The number of carbonyl (C=O) groups is 1. The van der Waals surface area contributed by atoms with E-state index < -0.39 is 0 Å². The summed E-state index contributed by atoms with van der Waals surface area (Å²) in [6, 6.07) is 0. The van der Waals surface area contributed by atoms with E-state index in [-0.39, 0.29) is 17.4 Å². The minimum absolute atomic E-state index is 0.247. The summed E-state index contributed by atoms with van der Waals surface area (Å²) in [6.07, 6.45) is 8.45. The van der Waals surface area contributed by atoms with Gasteiger partial charge in [0.25, 0.3) is 0 Å². The monoisotopic (exact) mass is 295 g/mol. The largest absolute Gasteiger partial charge is 0.391 e. The van der Waals surface area contributed by atoms with Crippen molar-refractivity contribution in [3.05, 3.63) is 0 Å². The van der Waals surface area contributed by atoms with Gasteiger partial charge in [0, 0.05) is 19.5 Å². The molecule has 0 aromatic rings. The van der Waals surface area contributed by atoms with Crippen LogP contribution in [0.25, 0.3) is 0 Å². The fraction of sp³-hybridized carbons (Fsp3) is 0.944. The maximum atomic E-state index is 12.3. The van der Waals surface area contributed by atoms with E-state index in [9.17, 15) is 9.90 Å². The molecule has 2 atom stereocenters. The van der Waals surface area contributed by atoms with Gasteiger partial charge in [0.2, 0.25) is 5.91 Å². The number of hydrogen-bond acceptors (Lipinski definition) is 2. The standard InChI is InChI=1S/C18H33NO2/c1-18(2,3)15-9-10-17(21)19(12-11-15)13-16(20)14-7-5-4-6-8-14/h14-16,20H,4-13H2,1-3H3. The fourth-order valence-electron chi connectivity index (χ4n) is 3.99. The van der Waals surface area contributed by atoms with Crippen LogP contribution in [0.1, 0.15) is 72.1 Å². The molecule has 1 N–H and O–H groups in total. The van der Waals surface area contributed by atoms with Crippen molar-refractivity contribution in [2.24, 2.45) is 17.3 Å². The minimum Gasteiger partial charge on any atom is -0.391 e. The molecule has 0 aromatic heterocycles. The molecule has 2 fully saturated rings. The summed E-state index contributed by atoms with van der Waals surface area (Å²) in [5.74, 6) is 1.27. The Morgan fingerprint density at radius 2 is 1.81 bits per heavy atom. The molecule has 2 aliphatic rings. The Morgan fingerprint density at radius 1 is 1.14 bits per heavy atom. The molecular formula is C18H33NO2. The topological polar surface area (TPSA) is 40.5 Å². The molecule has 0 bridgehead atoms. The van der Waals surface area contributed by atoms with E-state index in [4.69, 9.17) is 0 Å². The molecule has 1 saturated heterocycles. The van der Waals surface area contributed by atoms with Gasteiger partial charge in [-0.15, -0.1) is 0 Å². The maximum Gasteiger partial charge on any atom is 0.222 e. The maximum absolute atomic E-state index is 12.3. The minimum atomic E-state index is -0.319. The van der Waals surface area contributed by atoms with Gasteiger partial charge < -0.3 is 10.0 Å². The van der Waals surface area contributed by atoms with Crippen molar-refractivity contribution in [2.75, 3.05) is 13.1 Å². The number of aliphatic hydroxyl groups excluding tert-OH is 1. The molecule has 0 spiro atoms. The number of likely N-dealkylation sites (tertiary alicyclic amines) is 1. The van der Waals surface area contributed by atoms with Gasteiger partial charge in [0.05, 0.1) is 6.10 Å². The molecular weight excluding hydrogens is 262 g/mol. The lowest BCUT2D eigenvalue weighted by Gasteiger charge is -2.32. The number of aliphatic hydroxyl groups is 1. The van der Waals surface area contributed by atoms with Gasteiger partial charge in [-0.25, -0.2) is 0 Å². The Labute approximate surface area is 130 Å². The highest BCUT2D eigenvalue weighted by Crippen LogP contribution is 2.35. The molecule has 21 heavy (non-hydrogen) atoms. The van der Waals surface area contributed by atoms with Crippen molar-refractivity contribution in [1.82, 2.24) is 4.90 Å². The molecule has 3 nitrogen and oxygen atoms in total. The van der Waals surface area contributed by atoms with Crippen LogP contribution in [-0.4, -0.2) is 35.1 Å². The summed E-state index contributed by atoms with van der Waals surface area (Å²) in [5, 5.41) is 10.5. The Bertz CT molecular complexity index is 342. The molecule has 1 heterocycles. The summed E-state index contributed by atoms with van der Waals surface area (Å²) >= 11 is 0. The molecule has 0 aromatic carbocycles. The van der Waals surface area contributed by atoms with Crippen LogP contribution in [0.5, 0.6) is 0 Å². The molecule has 122 valence electrons. The van der Waals surface area contributed by atoms with Gasteiger partial charge in [-0.1, -0.05) is 40.0 Å². The van der Waals surface area contributed by atoms with E-state index in [1.807, 2.05) is 4.90 Å². The van der Waals surface area contributed by atoms with Crippen LogP contribution in [0, 0.1) is 17.3 Å². The number of nitrogens with zero attached hydrogens (tertiary/aromatic N) is 1. The highest BCUT2D eigenvalue weighted by atomic mass is 16.3. The second-order valence-electron chi connectivity index (χ2n) is 8.20. The Hall–Kier alpha value is -0.570. The zero-order chi connectivity index (χ0) is 15.5. The number of rotatable bonds is 3. The summed E-state index contributed by atoms with van der Waals surface area (Å²) in [6.45, 7) is 8.20. The van der Waals surface area contributed by atoms with Crippen LogP contribution >= 0.6 is 0 Å². The van der Waals surface area contributed by atoms with Gasteiger partial charge in [-0.3, -0.25) is 4.79 Å². The third-order valence-corrected chi connectivity index (χ3v) is 5.63. The second kappa shape index (κ2) is 7.13. The quantitative estimate of drug-likeness (QED) is 0.864. The number of hydrogen-bond donors (Lipinski definition) is 1. The SMILES string of the molecule is CC(C)(C)C1CCC(=O)N(CC(O)C2CCCCC2)CC1. The van der Waals surface area contributed by atoms with Gasteiger partial charge >= 0.3 is 0 Å². The first-order valence-electron chi connectivity index (χ1n) is 8.84. The smallest absolute Gasteiger partial charge is 0.222 e. The lowest BCUT2D eigenvalue weighted by molar-refractivity contribution is -0.132. The molecule has 1 aliphatic carbocycles. The molecule has 1 aliphatic heterocycles. The van der Waals surface area contributed by atoms with E-state index >= 15 is 0 Å². The molecule has 3 heteroatoms. The average Bonchev–Trinajstić information content (AvgIpc) is 2.62. The summed E-state index contributed by atoms with van der Waals surface area (Å²) in [7, 11) is 0. The average molecular weight is 295 g/mol. The predicted molar refractivity (Wildman–Crippen MR) is 86.0 cm³/mol. The van der Waals surface area contributed by atoms with Gasteiger partial charge in [0.15, 0.2) is 0 Å². The van der Waals surface area contributed by atoms with Crippen LogP contribution < -0.4 is 0 Å². The Balaban J connectivity index is 1.88. The molecule has 2 rings (SSSR count). The van der Waals surface area contributed by atoms with Crippen molar-refractivity contribution in [1.29, 1.82) is 0 Å². The second-order valence-corrected chi connectivity index (χ2v) is 8.20. The first kappa shape index (κ1) is 16.8. The first-order valence-corrected chi connectivity index (χ1v) is 8.84. The molecule has 2 unspecified atom stereocenters. The number of amides is 1. The van der Waals surface area contributed by atoms with Crippen molar-refractivity contribution in [2.45, 2.75) is 78.2 Å². The lowest BCUT2D eigenvalue weighted by Crippen LogP contribution is -2.40. The van der Waals surface area contributed by atoms with Crippen molar-refractivity contribution < 1.29 is 9.90 Å². The fourth-order valence-corrected chi connectivity index (χ4v) is 3.99. The predicted octanol–water partition coefficient (Wildman–Crippen LogP) is 3.60. The summed E-state index contributed by atoms with van der Waals surface area (Å²) in [4.78, 5) is 14.3. The van der Waals surface area contributed by atoms with Crippen LogP contribution in [0.15, 0.2) is 0 Å². The number of carbonyl (C=O) groups excluding carboxylic acids is 1. The third kappa shape index (κ3) is 4.70. The summed E-state index contributed by atoms with van der Waals surface area (Å²) < 4.78 is 0. The zero-order valence-electron chi connectivity index (χ0n) is 14.1. The third-order valence-electron chi connectivity index (χ3n) is 5.63. The highest BCUT2D eigenvalue weighted by Gasteiger charge is 2.32. The number of β-amino-alcohol motifs (C(OH)–C–C–N with tert-alkyl or cyclic N) is 1. The van der Waals surface area contributed by atoms with Crippen molar-refractivity contribution in [3.63, 3.8) is 0 Å². The summed E-state index contributed by atoms with van der Waals surface area (Å²) in [5.41, 5.74) is 0.276.